The molecule has 3 rings (SSSR count). The average molecular weight is 329 g/mol. The van der Waals surface area contributed by atoms with Crippen molar-refractivity contribution in [1.29, 1.82) is 0 Å². The van der Waals surface area contributed by atoms with Gasteiger partial charge in [0.2, 0.25) is 0 Å². The number of hydrogen-bond acceptors (Lipinski definition) is 2. The van der Waals surface area contributed by atoms with Crippen LogP contribution >= 0.6 is 23.2 Å². The van der Waals surface area contributed by atoms with Gasteiger partial charge in [-0.2, -0.15) is 0 Å². The molecule has 0 bridgehead atoms. The number of aromatic nitrogens is 2. The second-order valence-corrected chi connectivity index (χ2v) is 5.90. The molecule has 1 saturated carbocycles. The molecule has 21 heavy (non-hydrogen) atoms. The van der Waals surface area contributed by atoms with E-state index < -0.39 is 11.6 Å². The van der Waals surface area contributed by atoms with E-state index in [1.54, 1.807) is 0 Å². The third-order valence-electron chi connectivity index (χ3n) is 3.74. The summed E-state index contributed by atoms with van der Waals surface area (Å²) in [6.45, 7) is 0. The molecule has 1 aliphatic rings. The van der Waals surface area contributed by atoms with Gasteiger partial charge in [0.1, 0.15) is 21.9 Å². The highest BCUT2D eigenvalue weighted by atomic mass is 35.5. The quantitative estimate of drug-likeness (QED) is 0.691. The number of nitrogens with zero attached hydrogens (tertiary/aromatic N) is 2. The Morgan fingerprint density at radius 2 is 1.43 bits per heavy atom. The fourth-order valence-corrected chi connectivity index (χ4v) is 3.48. The summed E-state index contributed by atoms with van der Waals surface area (Å²) in [5.41, 5.74) is 0.964. The molecule has 0 N–H and O–H groups in total. The molecule has 6 heteroatoms. The summed E-state index contributed by atoms with van der Waals surface area (Å²) >= 11 is 12.4. The third kappa shape index (κ3) is 3.01. The second-order valence-electron chi connectivity index (χ2n) is 5.18. The Hall–Kier alpha value is -1.26. The van der Waals surface area contributed by atoms with Gasteiger partial charge in [-0.3, -0.25) is 0 Å². The standard InChI is InChI=1S/C15H12Cl2F2N2/c16-13-12(8-3-1-2-4-8)14(17)21-15(20-13)9-5-10(18)7-11(19)6-9/h5-8H,1-4H2. The van der Waals surface area contributed by atoms with E-state index in [1.807, 2.05) is 0 Å². The molecule has 110 valence electrons. The van der Waals surface area contributed by atoms with Gasteiger partial charge in [-0.25, -0.2) is 18.7 Å². The lowest BCUT2D eigenvalue weighted by Gasteiger charge is -2.13. The van der Waals surface area contributed by atoms with Crippen LogP contribution in [0.4, 0.5) is 8.78 Å². The summed E-state index contributed by atoms with van der Waals surface area (Å²) in [4.78, 5) is 8.34. The van der Waals surface area contributed by atoms with Crippen LogP contribution in [0.25, 0.3) is 11.4 Å². The number of benzene rings is 1. The van der Waals surface area contributed by atoms with Crippen molar-refractivity contribution in [2.45, 2.75) is 31.6 Å². The molecule has 0 atom stereocenters. The molecule has 1 aliphatic carbocycles. The van der Waals surface area contributed by atoms with E-state index in [0.29, 0.717) is 0 Å². The lowest BCUT2D eigenvalue weighted by atomic mass is 10.0. The first-order valence-electron chi connectivity index (χ1n) is 6.74. The first kappa shape index (κ1) is 14.7. The minimum Gasteiger partial charge on any atom is -0.216 e. The number of rotatable bonds is 2. The summed E-state index contributed by atoms with van der Waals surface area (Å²) in [7, 11) is 0. The van der Waals surface area contributed by atoms with Gasteiger partial charge in [0.15, 0.2) is 5.82 Å². The van der Waals surface area contributed by atoms with Crippen LogP contribution in [0.3, 0.4) is 0 Å². The summed E-state index contributed by atoms with van der Waals surface area (Å²) < 4.78 is 26.6. The summed E-state index contributed by atoms with van der Waals surface area (Å²) in [6, 6.07) is 3.10. The van der Waals surface area contributed by atoms with Gasteiger partial charge in [-0.15, -0.1) is 0 Å². The van der Waals surface area contributed by atoms with Crippen LogP contribution in [-0.2, 0) is 0 Å². The Morgan fingerprint density at radius 1 is 0.905 bits per heavy atom. The Balaban J connectivity index is 2.05. The largest absolute Gasteiger partial charge is 0.216 e. The van der Waals surface area contributed by atoms with E-state index in [2.05, 4.69) is 9.97 Å². The van der Waals surface area contributed by atoms with Crippen molar-refractivity contribution in [2.75, 3.05) is 0 Å². The first-order chi connectivity index (χ1) is 10.0. The molecule has 0 radical (unpaired) electrons. The lowest BCUT2D eigenvalue weighted by Crippen LogP contribution is -2.02. The number of hydrogen-bond donors (Lipinski definition) is 0. The molecule has 0 saturated heterocycles. The van der Waals surface area contributed by atoms with Crippen LogP contribution in [0.2, 0.25) is 10.3 Å². The van der Waals surface area contributed by atoms with Crippen molar-refractivity contribution in [3.05, 3.63) is 45.7 Å². The van der Waals surface area contributed by atoms with Crippen molar-refractivity contribution < 1.29 is 8.78 Å². The zero-order valence-corrected chi connectivity index (χ0v) is 12.6. The zero-order valence-electron chi connectivity index (χ0n) is 11.0. The maximum absolute atomic E-state index is 13.3. The third-order valence-corrected chi connectivity index (χ3v) is 4.31. The van der Waals surface area contributed by atoms with E-state index in [9.17, 15) is 8.78 Å². The number of halogens is 4. The second kappa shape index (κ2) is 5.85. The Labute approximate surface area is 131 Å². The maximum atomic E-state index is 13.3. The minimum atomic E-state index is -0.694. The van der Waals surface area contributed by atoms with E-state index in [1.165, 1.54) is 0 Å². The summed E-state index contributed by atoms with van der Waals surface area (Å²) in [6.07, 6.45) is 4.29. The topological polar surface area (TPSA) is 25.8 Å². The van der Waals surface area contributed by atoms with Crippen molar-refractivity contribution in [3.63, 3.8) is 0 Å². The molecule has 0 spiro atoms. The smallest absolute Gasteiger partial charge is 0.162 e. The molecule has 0 amide bonds. The monoisotopic (exact) mass is 328 g/mol. The van der Waals surface area contributed by atoms with Gasteiger partial charge in [0.05, 0.1) is 0 Å². The van der Waals surface area contributed by atoms with Gasteiger partial charge >= 0.3 is 0 Å². The molecular weight excluding hydrogens is 317 g/mol. The maximum Gasteiger partial charge on any atom is 0.162 e. The van der Waals surface area contributed by atoms with Crippen molar-refractivity contribution in [2.24, 2.45) is 0 Å². The predicted molar refractivity (Wildman–Crippen MR) is 78.6 cm³/mol. The van der Waals surface area contributed by atoms with E-state index in [0.717, 1.165) is 49.4 Å². The fraction of sp³-hybridized carbons (Fsp3) is 0.333. The fourth-order valence-electron chi connectivity index (χ4n) is 2.78. The summed E-state index contributed by atoms with van der Waals surface area (Å²) in [5.74, 6) is -0.991. The van der Waals surface area contributed by atoms with Gasteiger partial charge in [0.25, 0.3) is 0 Å². The van der Waals surface area contributed by atoms with Crippen LogP contribution in [-0.4, -0.2) is 9.97 Å². The van der Waals surface area contributed by atoms with Crippen LogP contribution in [0.5, 0.6) is 0 Å². The molecule has 2 aromatic rings. The van der Waals surface area contributed by atoms with Crippen LogP contribution in [0.15, 0.2) is 18.2 Å². The Kier molecular flexibility index (Phi) is 4.09. The SMILES string of the molecule is Fc1cc(F)cc(-c2nc(Cl)c(C3CCCC3)c(Cl)n2)c1. The lowest BCUT2D eigenvalue weighted by molar-refractivity contribution is 0.584. The molecule has 0 unspecified atom stereocenters. The van der Waals surface area contributed by atoms with Crippen molar-refractivity contribution in [3.8, 4) is 11.4 Å². The van der Waals surface area contributed by atoms with E-state index in [4.69, 9.17) is 23.2 Å². The summed E-state index contributed by atoms with van der Waals surface area (Å²) in [5, 5.41) is 0.531. The van der Waals surface area contributed by atoms with Gasteiger partial charge < -0.3 is 0 Å². The highest BCUT2D eigenvalue weighted by Gasteiger charge is 2.24. The molecule has 1 aromatic carbocycles. The van der Waals surface area contributed by atoms with Gasteiger partial charge in [-0.05, 0) is 30.9 Å². The normalized spacial score (nSPS) is 15.6. The highest BCUT2D eigenvalue weighted by Crippen LogP contribution is 2.40. The van der Waals surface area contributed by atoms with E-state index in [-0.39, 0.29) is 27.6 Å². The molecule has 1 aromatic heterocycles. The van der Waals surface area contributed by atoms with Gasteiger partial charge in [0, 0.05) is 17.2 Å². The zero-order chi connectivity index (χ0) is 15.0. The molecular formula is C15H12Cl2F2N2. The Bertz CT molecular complexity index is 642. The molecule has 1 fully saturated rings. The average Bonchev–Trinajstić information content (AvgIpc) is 2.90. The van der Waals surface area contributed by atoms with Crippen LogP contribution in [0.1, 0.15) is 37.2 Å². The molecule has 2 nitrogen and oxygen atoms in total. The van der Waals surface area contributed by atoms with E-state index >= 15 is 0 Å². The minimum absolute atomic E-state index is 0.130. The van der Waals surface area contributed by atoms with Crippen molar-refractivity contribution >= 4 is 23.2 Å². The molecule has 1 heterocycles. The van der Waals surface area contributed by atoms with Gasteiger partial charge in [-0.1, -0.05) is 36.0 Å². The first-order valence-corrected chi connectivity index (χ1v) is 7.49. The van der Waals surface area contributed by atoms with Crippen LogP contribution < -0.4 is 0 Å². The van der Waals surface area contributed by atoms with Crippen LogP contribution in [0, 0.1) is 11.6 Å². The highest BCUT2D eigenvalue weighted by molar-refractivity contribution is 6.34. The Morgan fingerprint density at radius 3 is 1.95 bits per heavy atom. The van der Waals surface area contributed by atoms with Crippen molar-refractivity contribution in [1.82, 2.24) is 9.97 Å². The molecule has 0 aliphatic heterocycles. The predicted octanol–water partition coefficient (Wildman–Crippen LogP) is 5.39.